The van der Waals surface area contributed by atoms with E-state index in [2.05, 4.69) is 5.32 Å². The predicted molar refractivity (Wildman–Crippen MR) is 133 cm³/mol. The van der Waals surface area contributed by atoms with Gasteiger partial charge in [0.05, 0.1) is 21.1 Å². The first-order chi connectivity index (χ1) is 15.8. The van der Waals surface area contributed by atoms with E-state index >= 15 is 0 Å². The van der Waals surface area contributed by atoms with Crippen molar-refractivity contribution in [2.45, 2.75) is 20.0 Å². The minimum Gasteiger partial charge on any atom is -0.473 e. The summed E-state index contributed by atoms with van der Waals surface area (Å²) in [5, 5.41) is 4.09. The van der Waals surface area contributed by atoms with Crippen molar-refractivity contribution >= 4 is 57.4 Å². The van der Waals surface area contributed by atoms with Gasteiger partial charge in [0.15, 0.2) is 11.9 Å². The molecule has 33 heavy (non-hydrogen) atoms. The average molecular weight is 503 g/mol. The molecule has 1 N–H and O–H groups in total. The predicted octanol–water partition coefficient (Wildman–Crippen LogP) is 7.13. The first-order valence-electron chi connectivity index (χ1n) is 10.00. The SMILES string of the molecule is Cc1cc2oc(-c3ccccc3Cl)c(OC(C)C(=O)Nc3ccccc3Cl)c(=O)c2cc1Cl. The van der Waals surface area contributed by atoms with Gasteiger partial charge in [0.2, 0.25) is 11.2 Å². The third-order valence-corrected chi connectivity index (χ3v) is 6.11. The van der Waals surface area contributed by atoms with Crippen LogP contribution in [0.15, 0.2) is 69.9 Å². The lowest BCUT2D eigenvalue weighted by Crippen LogP contribution is -2.32. The van der Waals surface area contributed by atoms with E-state index in [0.717, 1.165) is 5.56 Å². The molecule has 0 spiro atoms. The Morgan fingerprint density at radius 2 is 1.64 bits per heavy atom. The number of anilines is 1. The summed E-state index contributed by atoms with van der Waals surface area (Å²) in [4.78, 5) is 26.2. The molecule has 0 aliphatic carbocycles. The van der Waals surface area contributed by atoms with Crippen molar-refractivity contribution < 1.29 is 13.9 Å². The number of para-hydroxylation sites is 1. The van der Waals surface area contributed by atoms with Crippen LogP contribution >= 0.6 is 34.8 Å². The summed E-state index contributed by atoms with van der Waals surface area (Å²) in [5.41, 5.74) is 1.50. The Morgan fingerprint density at radius 3 is 2.33 bits per heavy atom. The van der Waals surface area contributed by atoms with Crippen LogP contribution in [0.3, 0.4) is 0 Å². The molecule has 0 saturated carbocycles. The van der Waals surface area contributed by atoms with Crippen molar-refractivity contribution in [1.29, 1.82) is 0 Å². The van der Waals surface area contributed by atoms with Gasteiger partial charge in [0.25, 0.3) is 5.91 Å². The van der Waals surface area contributed by atoms with Crippen molar-refractivity contribution in [3.8, 4) is 17.1 Å². The fourth-order valence-corrected chi connectivity index (χ4v) is 3.82. The lowest BCUT2D eigenvalue weighted by molar-refractivity contribution is -0.122. The quantitative estimate of drug-likeness (QED) is 0.315. The number of halogens is 3. The number of nitrogens with one attached hydrogen (secondary N) is 1. The van der Waals surface area contributed by atoms with Crippen LogP contribution in [-0.2, 0) is 4.79 Å². The minimum atomic E-state index is -1.05. The van der Waals surface area contributed by atoms with E-state index in [1.807, 2.05) is 6.92 Å². The highest BCUT2D eigenvalue weighted by molar-refractivity contribution is 6.34. The van der Waals surface area contributed by atoms with Gasteiger partial charge in [-0.3, -0.25) is 9.59 Å². The summed E-state index contributed by atoms with van der Waals surface area (Å²) in [6, 6.07) is 16.9. The highest BCUT2D eigenvalue weighted by Gasteiger charge is 2.25. The molecule has 168 valence electrons. The van der Waals surface area contributed by atoms with Crippen LogP contribution in [0.1, 0.15) is 12.5 Å². The van der Waals surface area contributed by atoms with Crippen molar-refractivity contribution in [3.63, 3.8) is 0 Å². The second-order valence-electron chi connectivity index (χ2n) is 7.40. The van der Waals surface area contributed by atoms with Gasteiger partial charge < -0.3 is 14.5 Å². The summed E-state index contributed by atoms with van der Waals surface area (Å²) < 4.78 is 11.9. The molecule has 0 radical (unpaired) electrons. The number of aryl methyl sites for hydroxylation is 1. The number of amides is 1. The summed E-state index contributed by atoms with van der Waals surface area (Å²) in [6.45, 7) is 3.33. The topological polar surface area (TPSA) is 68.5 Å². The molecule has 1 atom stereocenters. The summed E-state index contributed by atoms with van der Waals surface area (Å²) >= 11 is 18.7. The van der Waals surface area contributed by atoms with Crippen LogP contribution < -0.4 is 15.5 Å². The maximum Gasteiger partial charge on any atom is 0.265 e. The van der Waals surface area contributed by atoms with Gasteiger partial charge in [-0.2, -0.15) is 0 Å². The maximum absolute atomic E-state index is 13.4. The first-order valence-corrected chi connectivity index (χ1v) is 11.1. The van der Waals surface area contributed by atoms with E-state index in [1.54, 1.807) is 54.6 Å². The number of hydrogen-bond donors (Lipinski definition) is 1. The van der Waals surface area contributed by atoms with E-state index in [1.165, 1.54) is 13.0 Å². The van der Waals surface area contributed by atoms with Crippen LogP contribution in [0.25, 0.3) is 22.3 Å². The standard InChI is InChI=1S/C25H18Cl3NO4/c1-13-11-21-16(12-19(13)28)22(30)24(23(33-21)15-7-3-4-8-17(15)26)32-14(2)25(31)29-20-10-6-5-9-18(20)27/h3-12,14H,1-2H3,(H,29,31). The minimum absolute atomic E-state index is 0.122. The number of rotatable bonds is 5. The molecular weight excluding hydrogens is 485 g/mol. The molecule has 1 amide bonds. The van der Waals surface area contributed by atoms with E-state index < -0.39 is 17.4 Å². The van der Waals surface area contributed by atoms with Crippen LogP contribution in [0.2, 0.25) is 15.1 Å². The van der Waals surface area contributed by atoms with Gasteiger partial charge >= 0.3 is 0 Å². The monoisotopic (exact) mass is 501 g/mol. The number of carbonyl (C=O) groups is 1. The molecular formula is C25H18Cl3NO4. The number of ether oxygens (including phenoxy) is 1. The number of benzene rings is 3. The molecule has 8 heteroatoms. The second kappa shape index (κ2) is 9.48. The summed E-state index contributed by atoms with van der Waals surface area (Å²) in [7, 11) is 0. The van der Waals surface area contributed by atoms with Crippen LogP contribution in [0.4, 0.5) is 5.69 Å². The van der Waals surface area contributed by atoms with Gasteiger partial charge in [-0.25, -0.2) is 0 Å². The Hall–Kier alpha value is -2.99. The first kappa shape index (κ1) is 23.2. The van der Waals surface area contributed by atoms with Gasteiger partial charge in [-0.15, -0.1) is 0 Å². The fraction of sp³-hybridized carbons (Fsp3) is 0.120. The van der Waals surface area contributed by atoms with Crippen LogP contribution in [-0.4, -0.2) is 12.0 Å². The van der Waals surface area contributed by atoms with Gasteiger partial charge in [0.1, 0.15) is 5.58 Å². The third-order valence-electron chi connectivity index (χ3n) is 5.04. The van der Waals surface area contributed by atoms with E-state index in [0.29, 0.717) is 31.9 Å². The molecule has 0 aliphatic heterocycles. The zero-order chi connectivity index (χ0) is 23.7. The Labute approximate surface area is 204 Å². The van der Waals surface area contributed by atoms with E-state index in [9.17, 15) is 9.59 Å². The Balaban J connectivity index is 1.80. The van der Waals surface area contributed by atoms with Crippen LogP contribution in [0, 0.1) is 6.92 Å². The molecule has 1 unspecified atom stereocenters. The zero-order valence-corrected chi connectivity index (χ0v) is 19.9. The van der Waals surface area contributed by atoms with Crippen molar-refractivity contribution in [2.24, 2.45) is 0 Å². The number of carbonyl (C=O) groups excluding carboxylic acids is 1. The molecule has 1 heterocycles. The lowest BCUT2D eigenvalue weighted by atomic mass is 10.1. The molecule has 0 aliphatic rings. The molecule has 0 saturated heterocycles. The molecule has 1 aromatic heterocycles. The molecule has 4 rings (SSSR count). The van der Waals surface area contributed by atoms with Gasteiger partial charge in [-0.05, 0) is 55.8 Å². The van der Waals surface area contributed by atoms with Gasteiger partial charge in [0, 0.05) is 10.6 Å². The molecule has 0 bridgehead atoms. The molecule has 3 aromatic carbocycles. The Kier molecular flexibility index (Phi) is 6.66. The van der Waals surface area contributed by atoms with Crippen molar-refractivity contribution in [2.75, 3.05) is 5.32 Å². The number of hydrogen-bond acceptors (Lipinski definition) is 4. The summed E-state index contributed by atoms with van der Waals surface area (Å²) in [5.74, 6) is -0.510. The number of fused-ring (bicyclic) bond motifs is 1. The second-order valence-corrected chi connectivity index (χ2v) is 8.62. The maximum atomic E-state index is 13.4. The van der Waals surface area contributed by atoms with Crippen molar-refractivity contribution in [3.05, 3.63) is 91.5 Å². The smallest absolute Gasteiger partial charge is 0.265 e. The normalized spacial score (nSPS) is 11.9. The third kappa shape index (κ3) is 4.71. The largest absolute Gasteiger partial charge is 0.473 e. The molecule has 5 nitrogen and oxygen atoms in total. The molecule has 4 aromatic rings. The Bertz CT molecular complexity index is 1430. The highest BCUT2D eigenvalue weighted by Crippen LogP contribution is 2.36. The average Bonchev–Trinajstić information content (AvgIpc) is 2.79. The fourth-order valence-electron chi connectivity index (χ4n) is 3.26. The lowest BCUT2D eigenvalue weighted by Gasteiger charge is -2.18. The van der Waals surface area contributed by atoms with Crippen molar-refractivity contribution in [1.82, 2.24) is 0 Å². The van der Waals surface area contributed by atoms with Gasteiger partial charge in [-0.1, -0.05) is 59.1 Å². The molecule has 0 fully saturated rings. The Morgan fingerprint density at radius 1 is 0.970 bits per heavy atom. The van der Waals surface area contributed by atoms with Crippen LogP contribution in [0.5, 0.6) is 5.75 Å². The zero-order valence-electron chi connectivity index (χ0n) is 17.6. The summed E-state index contributed by atoms with van der Waals surface area (Å²) in [6.07, 6.45) is -1.05. The van der Waals surface area contributed by atoms with E-state index in [4.69, 9.17) is 44.0 Å². The highest BCUT2D eigenvalue weighted by atomic mass is 35.5. The van der Waals surface area contributed by atoms with E-state index in [-0.39, 0.29) is 16.9 Å².